The molecular weight excluding hydrogens is 188 g/mol. The first-order valence-corrected chi connectivity index (χ1v) is 4.58. The third-order valence-electron chi connectivity index (χ3n) is 1.43. The molecule has 1 heterocycles. The number of hydrogen-bond donors (Lipinski definition) is 0. The molecule has 5 heteroatoms. The summed E-state index contributed by atoms with van der Waals surface area (Å²) >= 11 is 1.14. The van der Waals surface area contributed by atoms with Crippen LogP contribution in [0.3, 0.4) is 0 Å². The molecule has 0 spiro atoms. The number of nitro groups is 1. The van der Waals surface area contributed by atoms with E-state index in [0.29, 0.717) is 5.03 Å². The van der Waals surface area contributed by atoms with Crippen LogP contribution in [0.1, 0.15) is 13.8 Å². The molecule has 70 valence electrons. The van der Waals surface area contributed by atoms with E-state index in [0.717, 1.165) is 11.8 Å². The number of rotatable bonds is 3. The first-order valence-electron chi connectivity index (χ1n) is 3.77. The average molecular weight is 198 g/mol. The molecule has 0 bridgehead atoms. The predicted molar refractivity (Wildman–Crippen MR) is 51.2 cm³/mol. The zero-order valence-corrected chi connectivity index (χ0v) is 8.25. The molecule has 0 aliphatic heterocycles. The van der Waals surface area contributed by atoms with Crippen molar-refractivity contribution in [3.8, 4) is 0 Å². The summed E-state index contributed by atoms with van der Waals surface area (Å²) in [5.41, 5.74) is 0. The summed E-state index contributed by atoms with van der Waals surface area (Å²) < 4.78 is 0. The molecule has 0 aromatic carbocycles. The summed E-state index contributed by atoms with van der Waals surface area (Å²) in [7, 11) is 0. The van der Waals surface area contributed by atoms with Gasteiger partial charge in [-0.2, -0.15) is 0 Å². The molecule has 13 heavy (non-hydrogen) atoms. The molecule has 0 saturated heterocycles. The van der Waals surface area contributed by atoms with Crippen LogP contribution in [0.2, 0.25) is 0 Å². The van der Waals surface area contributed by atoms with Crippen molar-refractivity contribution in [3.63, 3.8) is 0 Å². The molecule has 0 radical (unpaired) electrons. The van der Waals surface area contributed by atoms with Gasteiger partial charge in [0.15, 0.2) is 0 Å². The van der Waals surface area contributed by atoms with Crippen molar-refractivity contribution in [1.29, 1.82) is 0 Å². The lowest BCUT2D eigenvalue weighted by atomic mass is 10.4. The third-order valence-corrected chi connectivity index (χ3v) is 2.53. The molecule has 0 saturated carbocycles. The second-order valence-corrected chi connectivity index (χ2v) is 4.60. The van der Waals surface area contributed by atoms with E-state index >= 15 is 0 Å². The summed E-state index contributed by atoms with van der Waals surface area (Å²) in [6.07, 6.45) is 1.62. The summed E-state index contributed by atoms with van der Waals surface area (Å²) in [6.45, 7) is 3.12. The number of aromatic nitrogens is 1. The maximum Gasteiger partial charge on any atom is 0.267 e. The Balaban J connectivity index is 2.75. The number of thioether (sulfide) groups is 1. The minimum atomic E-state index is -1.02. The summed E-state index contributed by atoms with van der Waals surface area (Å²) in [4.78, 5) is 13.3. The molecule has 0 aliphatic carbocycles. The maximum atomic E-state index is 10.6. The zero-order valence-electron chi connectivity index (χ0n) is 7.43. The summed E-state index contributed by atoms with van der Waals surface area (Å²) in [6, 6.07) is 5.35. The van der Waals surface area contributed by atoms with E-state index in [4.69, 9.17) is 0 Å². The molecule has 0 unspecified atom stereocenters. The Kier molecular flexibility index (Phi) is 2.87. The SMILES string of the molecule is CC(C)(Sc1ccccn1)[N+](=O)[O-]. The van der Waals surface area contributed by atoms with Crippen molar-refractivity contribution in [1.82, 2.24) is 4.98 Å². The van der Waals surface area contributed by atoms with Gasteiger partial charge in [0.05, 0.1) is 0 Å². The fourth-order valence-corrected chi connectivity index (χ4v) is 1.55. The Bertz CT molecular complexity index is 300. The fraction of sp³-hybridized carbons (Fsp3) is 0.375. The third kappa shape index (κ3) is 2.69. The average Bonchev–Trinajstić information content (AvgIpc) is 2.05. The van der Waals surface area contributed by atoms with Gasteiger partial charge in [0, 0.05) is 25.0 Å². The lowest BCUT2D eigenvalue weighted by Crippen LogP contribution is -2.26. The second-order valence-electron chi connectivity index (χ2n) is 2.97. The van der Waals surface area contributed by atoms with Gasteiger partial charge < -0.3 is 0 Å². The Labute approximate surface area is 80.5 Å². The van der Waals surface area contributed by atoms with E-state index in [9.17, 15) is 10.1 Å². The van der Waals surface area contributed by atoms with Crippen LogP contribution < -0.4 is 0 Å². The molecular formula is C8H10N2O2S. The normalized spacial score (nSPS) is 11.2. The van der Waals surface area contributed by atoms with E-state index in [1.165, 1.54) is 0 Å². The largest absolute Gasteiger partial charge is 0.267 e. The van der Waals surface area contributed by atoms with Crippen LogP contribution in [0.15, 0.2) is 29.4 Å². The number of pyridine rings is 1. The number of nitrogens with zero attached hydrogens (tertiary/aromatic N) is 2. The predicted octanol–water partition coefficient (Wildman–Crippen LogP) is 2.19. The minimum Gasteiger partial charge on any atom is -0.263 e. The van der Waals surface area contributed by atoms with Gasteiger partial charge in [0.2, 0.25) is 0 Å². The summed E-state index contributed by atoms with van der Waals surface area (Å²) in [5, 5.41) is 11.3. The van der Waals surface area contributed by atoms with Gasteiger partial charge in [-0.1, -0.05) is 6.07 Å². The summed E-state index contributed by atoms with van der Waals surface area (Å²) in [5.74, 6) is 0. The van der Waals surface area contributed by atoms with E-state index in [1.807, 2.05) is 6.07 Å². The Morgan fingerprint density at radius 3 is 2.69 bits per heavy atom. The quantitative estimate of drug-likeness (QED) is 0.323. The first kappa shape index (κ1) is 9.98. The lowest BCUT2D eigenvalue weighted by molar-refractivity contribution is -0.529. The Morgan fingerprint density at radius 2 is 2.23 bits per heavy atom. The van der Waals surface area contributed by atoms with Crippen LogP contribution in [-0.2, 0) is 0 Å². The van der Waals surface area contributed by atoms with Crippen molar-refractivity contribution in [3.05, 3.63) is 34.5 Å². The van der Waals surface area contributed by atoms with Gasteiger partial charge in [0.1, 0.15) is 5.03 Å². The second kappa shape index (κ2) is 3.74. The van der Waals surface area contributed by atoms with Gasteiger partial charge in [-0.25, -0.2) is 4.98 Å². The standard InChI is InChI=1S/C8H10N2O2S/c1-8(2,10(11)12)13-7-5-3-4-6-9-7/h3-6H,1-2H3. The van der Waals surface area contributed by atoms with Gasteiger partial charge in [-0.3, -0.25) is 10.1 Å². The zero-order chi connectivity index (χ0) is 9.90. The molecule has 1 aromatic rings. The highest BCUT2D eigenvalue weighted by atomic mass is 32.2. The fourth-order valence-electron chi connectivity index (χ4n) is 0.701. The molecule has 0 amide bonds. The van der Waals surface area contributed by atoms with E-state index in [2.05, 4.69) is 4.98 Å². The van der Waals surface area contributed by atoms with Crippen LogP contribution in [0, 0.1) is 10.1 Å². The monoisotopic (exact) mass is 198 g/mol. The van der Waals surface area contributed by atoms with Crippen LogP contribution in [-0.4, -0.2) is 14.8 Å². The minimum absolute atomic E-state index is 0.313. The highest BCUT2D eigenvalue weighted by molar-refractivity contribution is 8.00. The van der Waals surface area contributed by atoms with E-state index < -0.39 is 4.87 Å². The van der Waals surface area contributed by atoms with Crippen LogP contribution in [0.4, 0.5) is 0 Å². The highest BCUT2D eigenvalue weighted by Crippen LogP contribution is 2.30. The van der Waals surface area contributed by atoms with Crippen molar-refractivity contribution >= 4 is 11.8 Å². The molecule has 0 aliphatic rings. The molecule has 4 nitrogen and oxygen atoms in total. The van der Waals surface area contributed by atoms with E-state index in [-0.39, 0.29) is 4.92 Å². The van der Waals surface area contributed by atoms with Gasteiger partial charge in [-0.05, 0) is 23.9 Å². The molecule has 0 atom stereocenters. The van der Waals surface area contributed by atoms with Crippen molar-refractivity contribution < 1.29 is 4.92 Å². The Hall–Kier alpha value is -1.10. The van der Waals surface area contributed by atoms with Crippen molar-refractivity contribution in [2.75, 3.05) is 0 Å². The molecule has 1 aromatic heterocycles. The Morgan fingerprint density at radius 1 is 1.54 bits per heavy atom. The topological polar surface area (TPSA) is 56.0 Å². The molecule has 1 rings (SSSR count). The van der Waals surface area contributed by atoms with Gasteiger partial charge in [-0.15, -0.1) is 0 Å². The molecule has 0 fully saturated rings. The van der Waals surface area contributed by atoms with Crippen LogP contribution in [0.5, 0.6) is 0 Å². The van der Waals surface area contributed by atoms with Crippen molar-refractivity contribution in [2.24, 2.45) is 0 Å². The van der Waals surface area contributed by atoms with E-state index in [1.54, 1.807) is 32.2 Å². The molecule has 0 N–H and O–H groups in total. The lowest BCUT2D eigenvalue weighted by Gasteiger charge is -2.13. The van der Waals surface area contributed by atoms with Crippen LogP contribution >= 0.6 is 11.8 Å². The smallest absolute Gasteiger partial charge is 0.263 e. The highest BCUT2D eigenvalue weighted by Gasteiger charge is 2.32. The van der Waals surface area contributed by atoms with Crippen LogP contribution in [0.25, 0.3) is 0 Å². The van der Waals surface area contributed by atoms with Gasteiger partial charge >= 0.3 is 0 Å². The van der Waals surface area contributed by atoms with Gasteiger partial charge in [0.25, 0.3) is 4.87 Å². The first-order chi connectivity index (χ1) is 6.02. The number of hydrogen-bond acceptors (Lipinski definition) is 4. The maximum absolute atomic E-state index is 10.6. The van der Waals surface area contributed by atoms with Crippen molar-refractivity contribution in [2.45, 2.75) is 23.7 Å².